The van der Waals surface area contributed by atoms with E-state index in [9.17, 15) is 4.79 Å². The maximum Gasteiger partial charge on any atom is 0.221 e. The van der Waals surface area contributed by atoms with Crippen LogP contribution in [-0.4, -0.2) is 50.8 Å². The van der Waals surface area contributed by atoms with Gasteiger partial charge < -0.3 is 20.7 Å². The third kappa shape index (κ3) is 11.1. The molecule has 0 radical (unpaired) electrons. The zero-order chi connectivity index (χ0) is 18.5. The van der Waals surface area contributed by atoms with Gasteiger partial charge in [0, 0.05) is 32.6 Å². The topological polar surface area (TPSA) is 74.8 Å². The third-order valence-corrected chi connectivity index (χ3v) is 5.39. The SMILES string of the molecule is CN=C(NCCOC1CCCCCC1)NCCC(=O)NC1CCCCC1.I. The van der Waals surface area contributed by atoms with Gasteiger partial charge in [-0.15, -0.1) is 24.0 Å². The molecule has 27 heavy (non-hydrogen) atoms. The van der Waals surface area contributed by atoms with Gasteiger partial charge in [-0.3, -0.25) is 9.79 Å². The minimum absolute atomic E-state index is 0. The molecule has 7 heteroatoms. The van der Waals surface area contributed by atoms with Crippen LogP contribution in [0.25, 0.3) is 0 Å². The lowest BCUT2D eigenvalue weighted by molar-refractivity contribution is -0.121. The number of halogens is 1. The first-order chi connectivity index (χ1) is 12.8. The summed E-state index contributed by atoms with van der Waals surface area (Å²) >= 11 is 0. The molecule has 0 spiro atoms. The van der Waals surface area contributed by atoms with Crippen LogP contribution in [0.1, 0.15) is 77.0 Å². The average Bonchev–Trinajstić information content (AvgIpc) is 2.93. The first kappa shape index (κ1) is 24.5. The van der Waals surface area contributed by atoms with Crippen molar-refractivity contribution in [3.8, 4) is 0 Å². The molecule has 2 aliphatic carbocycles. The standard InChI is InChI=1S/C20H38N4O2.HI/c1-21-20(23-15-16-26-18-11-7-2-3-8-12-18)22-14-13-19(25)24-17-9-5-4-6-10-17;/h17-18H,2-16H2,1H3,(H,24,25)(H2,21,22,23);1H. The van der Waals surface area contributed by atoms with Gasteiger partial charge in [0.15, 0.2) is 5.96 Å². The number of nitrogens with zero attached hydrogens (tertiary/aromatic N) is 1. The molecule has 0 bridgehead atoms. The summed E-state index contributed by atoms with van der Waals surface area (Å²) in [5.41, 5.74) is 0. The Hall–Kier alpha value is -0.570. The summed E-state index contributed by atoms with van der Waals surface area (Å²) in [5.74, 6) is 0.872. The zero-order valence-corrected chi connectivity index (χ0v) is 19.3. The molecule has 1 amide bonds. The summed E-state index contributed by atoms with van der Waals surface area (Å²) < 4.78 is 5.98. The van der Waals surface area contributed by atoms with E-state index < -0.39 is 0 Å². The number of hydrogen-bond donors (Lipinski definition) is 3. The van der Waals surface area contributed by atoms with Crippen molar-refractivity contribution < 1.29 is 9.53 Å². The van der Waals surface area contributed by atoms with Gasteiger partial charge in [-0.05, 0) is 25.7 Å². The maximum atomic E-state index is 12.0. The van der Waals surface area contributed by atoms with Gasteiger partial charge in [0.1, 0.15) is 0 Å². The van der Waals surface area contributed by atoms with Gasteiger partial charge >= 0.3 is 0 Å². The average molecular weight is 494 g/mol. The summed E-state index contributed by atoms with van der Waals surface area (Å²) in [6.07, 6.45) is 14.6. The van der Waals surface area contributed by atoms with Gasteiger partial charge in [-0.25, -0.2) is 0 Å². The monoisotopic (exact) mass is 494 g/mol. The molecular formula is C20H39IN4O2. The first-order valence-corrected chi connectivity index (χ1v) is 10.6. The first-order valence-electron chi connectivity index (χ1n) is 10.6. The van der Waals surface area contributed by atoms with E-state index in [1.165, 1.54) is 57.8 Å². The number of carbonyl (C=O) groups is 1. The van der Waals surface area contributed by atoms with Crippen LogP contribution in [0.3, 0.4) is 0 Å². The molecule has 0 aromatic heterocycles. The number of hydrogen-bond acceptors (Lipinski definition) is 3. The second-order valence-electron chi connectivity index (χ2n) is 7.56. The van der Waals surface area contributed by atoms with Gasteiger partial charge in [0.25, 0.3) is 0 Å². The quantitative estimate of drug-likeness (QED) is 0.159. The molecule has 6 nitrogen and oxygen atoms in total. The second kappa shape index (κ2) is 15.4. The fourth-order valence-corrected chi connectivity index (χ4v) is 3.87. The fourth-order valence-electron chi connectivity index (χ4n) is 3.87. The van der Waals surface area contributed by atoms with Crippen molar-refractivity contribution in [2.45, 2.75) is 89.2 Å². The molecule has 0 heterocycles. The van der Waals surface area contributed by atoms with E-state index >= 15 is 0 Å². The fraction of sp³-hybridized carbons (Fsp3) is 0.900. The van der Waals surface area contributed by atoms with Crippen LogP contribution >= 0.6 is 24.0 Å². The molecule has 158 valence electrons. The third-order valence-electron chi connectivity index (χ3n) is 5.39. The van der Waals surface area contributed by atoms with Crippen LogP contribution in [-0.2, 0) is 9.53 Å². The minimum Gasteiger partial charge on any atom is -0.376 e. The maximum absolute atomic E-state index is 12.0. The Morgan fingerprint density at radius 3 is 2.19 bits per heavy atom. The Bertz CT molecular complexity index is 420. The van der Waals surface area contributed by atoms with E-state index in [-0.39, 0.29) is 29.9 Å². The highest BCUT2D eigenvalue weighted by Gasteiger charge is 2.15. The molecular weight excluding hydrogens is 455 g/mol. The highest BCUT2D eigenvalue weighted by Crippen LogP contribution is 2.19. The lowest BCUT2D eigenvalue weighted by Gasteiger charge is -2.22. The van der Waals surface area contributed by atoms with Crippen molar-refractivity contribution in [3.63, 3.8) is 0 Å². The van der Waals surface area contributed by atoms with E-state index in [4.69, 9.17) is 4.74 Å². The zero-order valence-electron chi connectivity index (χ0n) is 16.9. The van der Waals surface area contributed by atoms with E-state index in [1.54, 1.807) is 7.05 Å². The molecule has 0 aromatic carbocycles. The minimum atomic E-state index is 0. The summed E-state index contributed by atoms with van der Waals surface area (Å²) in [4.78, 5) is 16.2. The number of nitrogens with one attached hydrogen (secondary N) is 3. The van der Waals surface area contributed by atoms with Crippen LogP contribution in [0.4, 0.5) is 0 Å². The molecule has 0 unspecified atom stereocenters. The van der Waals surface area contributed by atoms with Crippen molar-refractivity contribution in [3.05, 3.63) is 0 Å². The van der Waals surface area contributed by atoms with E-state index in [0.29, 0.717) is 31.7 Å². The van der Waals surface area contributed by atoms with Crippen molar-refractivity contribution in [2.75, 3.05) is 26.7 Å². The molecule has 0 aromatic rings. The number of guanidine groups is 1. The molecule has 0 saturated heterocycles. The Balaban J connectivity index is 0.00000364. The smallest absolute Gasteiger partial charge is 0.221 e. The van der Waals surface area contributed by atoms with Crippen LogP contribution < -0.4 is 16.0 Å². The predicted molar refractivity (Wildman–Crippen MR) is 122 cm³/mol. The van der Waals surface area contributed by atoms with Crippen LogP contribution in [0, 0.1) is 0 Å². The molecule has 0 atom stereocenters. The lowest BCUT2D eigenvalue weighted by atomic mass is 9.95. The van der Waals surface area contributed by atoms with Gasteiger partial charge in [0.2, 0.25) is 5.91 Å². The predicted octanol–water partition coefficient (Wildman–Crippen LogP) is 3.35. The van der Waals surface area contributed by atoms with Crippen LogP contribution in [0.2, 0.25) is 0 Å². The number of aliphatic imine (C=N–C) groups is 1. The normalized spacial score (nSPS) is 19.7. The molecule has 0 aliphatic heterocycles. The number of carbonyl (C=O) groups excluding carboxylic acids is 1. The van der Waals surface area contributed by atoms with Crippen molar-refractivity contribution >= 4 is 35.8 Å². The van der Waals surface area contributed by atoms with E-state index in [2.05, 4.69) is 20.9 Å². The Morgan fingerprint density at radius 1 is 0.926 bits per heavy atom. The molecule has 2 saturated carbocycles. The molecule has 3 N–H and O–H groups in total. The van der Waals surface area contributed by atoms with Crippen molar-refractivity contribution in [1.29, 1.82) is 0 Å². The largest absolute Gasteiger partial charge is 0.376 e. The van der Waals surface area contributed by atoms with Gasteiger partial charge in [-0.1, -0.05) is 44.9 Å². The number of amides is 1. The summed E-state index contributed by atoms with van der Waals surface area (Å²) in [6, 6.07) is 0.384. The van der Waals surface area contributed by atoms with E-state index in [0.717, 1.165) is 25.3 Å². The molecule has 2 fully saturated rings. The summed E-state index contributed by atoms with van der Waals surface area (Å²) in [6.45, 7) is 2.04. The van der Waals surface area contributed by atoms with Gasteiger partial charge in [0.05, 0.1) is 12.7 Å². The lowest BCUT2D eigenvalue weighted by Crippen LogP contribution is -2.42. The van der Waals surface area contributed by atoms with Crippen LogP contribution in [0.15, 0.2) is 4.99 Å². The Labute approximate surface area is 182 Å². The van der Waals surface area contributed by atoms with Crippen LogP contribution in [0.5, 0.6) is 0 Å². The molecule has 2 rings (SSSR count). The Morgan fingerprint density at radius 2 is 1.52 bits per heavy atom. The molecule has 2 aliphatic rings. The van der Waals surface area contributed by atoms with Crippen molar-refractivity contribution in [1.82, 2.24) is 16.0 Å². The van der Waals surface area contributed by atoms with Crippen molar-refractivity contribution in [2.24, 2.45) is 4.99 Å². The Kier molecular flexibility index (Phi) is 13.9. The highest BCUT2D eigenvalue weighted by atomic mass is 127. The van der Waals surface area contributed by atoms with Gasteiger partial charge in [-0.2, -0.15) is 0 Å². The summed E-state index contributed by atoms with van der Waals surface area (Å²) in [5, 5.41) is 9.62. The highest BCUT2D eigenvalue weighted by molar-refractivity contribution is 14.0. The summed E-state index contributed by atoms with van der Waals surface area (Å²) in [7, 11) is 1.75. The second-order valence-corrected chi connectivity index (χ2v) is 7.56. The number of ether oxygens (including phenoxy) is 1. The van der Waals surface area contributed by atoms with E-state index in [1.807, 2.05) is 0 Å². The number of rotatable bonds is 8.